The lowest BCUT2D eigenvalue weighted by Crippen LogP contribution is -2.48. The summed E-state index contributed by atoms with van der Waals surface area (Å²) < 4.78 is 0. The second-order valence-corrected chi connectivity index (χ2v) is 5.34. The Hall–Kier alpha value is -0.750. The van der Waals surface area contributed by atoms with Gasteiger partial charge in [0.15, 0.2) is 0 Å². The molecule has 0 aromatic carbocycles. The van der Waals surface area contributed by atoms with Gasteiger partial charge in [0.1, 0.15) is 6.04 Å². The van der Waals surface area contributed by atoms with Gasteiger partial charge in [0.2, 0.25) is 5.91 Å². The first-order valence-electron chi connectivity index (χ1n) is 5.30. The molecule has 16 heavy (non-hydrogen) atoms. The van der Waals surface area contributed by atoms with E-state index in [-0.39, 0.29) is 17.2 Å². The molecule has 0 radical (unpaired) electrons. The Labute approximate surface area is 99.6 Å². The highest BCUT2D eigenvalue weighted by molar-refractivity contribution is 8.00. The van der Waals surface area contributed by atoms with Gasteiger partial charge >= 0.3 is 5.97 Å². The van der Waals surface area contributed by atoms with Crippen molar-refractivity contribution >= 4 is 23.6 Å². The number of hydrogen-bond acceptors (Lipinski definition) is 4. The Morgan fingerprint density at radius 2 is 2.25 bits per heavy atom. The van der Waals surface area contributed by atoms with Crippen LogP contribution in [0.2, 0.25) is 0 Å². The Morgan fingerprint density at radius 1 is 1.62 bits per heavy atom. The number of nitrogens with one attached hydrogen (secondary N) is 1. The maximum atomic E-state index is 12.1. The molecular formula is C10H18N2O3S. The maximum absolute atomic E-state index is 12.1. The number of hydrogen-bond donors (Lipinski definition) is 2. The highest BCUT2D eigenvalue weighted by Gasteiger charge is 2.40. The van der Waals surface area contributed by atoms with Crippen molar-refractivity contribution < 1.29 is 14.7 Å². The van der Waals surface area contributed by atoms with Crippen molar-refractivity contribution in [3.8, 4) is 0 Å². The van der Waals surface area contributed by atoms with Gasteiger partial charge in [0, 0.05) is 18.2 Å². The van der Waals surface area contributed by atoms with E-state index in [1.165, 1.54) is 16.7 Å². The molecule has 92 valence electrons. The molecule has 3 atom stereocenters. The van der Waals surface area contributed by atoms with Crippen LogP contribution in [0, 0.1) is 5.92 Å². The maximum Gasteiger partial charge on any atom is 0.327 e. The number of carboxylic acid groups (broad SMARTS) is 1. The first-order chi connectivity index (χ1) is 7.49. The summed E-state index contributed by atoms with van der Waals surface area (Å²) >= 11 is 1.51. The summed E-state index contributed by atoms with van der Waals surface area (Å²) in [5.41, 5.74) is 0. The van der Waals surface area contributed by atoms with E-state index in [0.717, 1.165) is 0 Å². The third-order valence-electron chi connectivity index (χ3n) is 2.69. The summed E-state index contributed by atoms with van der Waals surface area (Å²) in [7, 11) is 1.78. The van der Waals surface area contributed by atoms with E-state index in [1.54, 1.807) is 7.05 Å². The molecule has 1 amide bonds. The molecule has 3 unspecified atom stereocenters. The first-order valence-corrected chi connectivity index (χ1v) is 6.35. The number of aliphatic carboxylic acids is 1. The van der Waals surface area contributed by atoms with Crippen LogP contribution >= 0.6 is 11.8 Å². The van der Waals surface area contributed by atoms with E-state index in [0.29, 0.717) is 12.3 Å². The molecule has 0 bridgehead atoms. The number of carboxylic acids is 1. The zero-order chi connectivity index (χ0) is 12.3. The summed E-state index contributed by atoms with van der Waals surface area (Å²) in [6.45, 7) is 4.25. The number of carbonyl (C=O) groups excluding carboxylic acids is 1. The lowest BCUT2D eigenvalue weighted by Gasteiger charge is -2.27. The number of thioether (sulfide) groups is 1. The third kappa shape index (κ3) is 2.68. The fourth-order valence-corrected chi connectivity index (χ4v) is 2.99. The molecule has 1 heterocycles. The van der Waals surface area contributed by atoms with Crippen molar-refractivity contribution in [2.75, 3.05) is 19.3 Å². The fourth-order valence-electron chi connectivity index (χ4n) is 1.82. The topological polar surface area (TPSA) is 69.6 Å². The van der Waals surface area contributed by atoms with Gasteiger partial charge in [0.25, 0.3) is 0 Å². The van der Waals surface area contributed by atoms with Gasteiger partial charge in [0.05, 0.1) is 5.37 Å². The van der Waals surface area contributed by atoms with Crippen LogP contribution in [0.5, 0.6) is 0 Å². The third-order valence-corrected chi connectivity index (χ3v) is 3.91. The zero-order valence-electron chi connectivity index (χ0n) is 9.77. The molecule has 0 saturated carbocycles. The molecule has 0 aromatic rings. The molecule has 1 saturated heterocycles. The predicted octanol–water partition coefficient (Wildman–Crippen LogP) is 0.217. The largest absolute Gasteiger partial charge is 0.480 e. The van der Waals surface area contributed by atoms with Crippen LogP contribution in [0.3, 0.4) is 0 Å². The summed E-state index contributed by atoms with van der Waals surface area (Å²) in [4.78, 5) is 24.6. The minimum atomic E-state index is -0.915. The highest BCUT2D eigenvalue weighted by atomic mass is 32.2. The van der Waals surface area contributed by atoms with Gasteiger partial charge in [-0.3, -0.25) is 4.79 Å². The highest BCUT2D eigenvalue weighted by Crippen LogP contribution is 2.30. The summed E-state index contributed by atoms with van der Waals surface area (Å²) in [6, 6.07) is -0.674. The van der Waals surface area contributed by atoms with Crippen molar-refractivity contribution in [2.45, 2.75) is 25.3 Å². The molecule has 0 aromatic heterocycles. The molecule has 1 rings (SSSR count). The van der Waals surface area contributed by atoms with Crippen LogP contribution in [0.4, 0.5) is 0 Å². The van der Waals surface area contributed by atoms with Gasteiger partial charge in [-0.1, -0.05) is 6.92 Å². The van der Waals surface area contributed by atoms with Crippen molar-refractivity contribution in [1.82, 2.24) is 10.2 Å². The van der Waals surface area contributed by atoms with Gasteiger partial charge in [-0.15, -0.1) is 11.8 Å². The van der Waals surface area contributed by atoms with E-state index >= 15 is 0 Å². The molecule has 2 N–H and O–H groups in total. The van der Waals surface area contributed by atoms with E-state index in [4.69, 9.17) is 5.11 Å². The average Bonchev–Trinajstić information content (AvgIpc) is 2.59. The molecule has 1 aliphatic rings. The monoisotopic (exact) mass is 246 g/mol. The number of rotatable bonds is 4. The second-order valence-electron chi connectivity index (χ2n) is 3.99. The number of carbonyl (C=O) groups is 2. The van der Waals surface area contributed by atoms with E-state index in [9.17, 15) is 9.59 Å². The Kier molecular flexibility index (Phi) is 4.61. The smallest absolute Gasteiger partial charge is 0.327 e. The van der Waals surface area contributed by atoms with Crippen molar-refractivity contribution in [3.05, 3.63) is 0 Å². The zero-order valence-corrected chi connectivity index (χ0v) is 10.6. The van der Waals surface area contributed by atoms with Crippen LogP contribution in [-0.2, 0) is 9.59 Å². The van der Waals surface area contributed by atoms with Crippen molar-refractivity contribution in [2.24, 2.45) is 5.92 Å². The fraction of sp³-hybridized carbons (Fsp3) is 0.800. The van der Waals surface area contributed by atoms with Gasteiger partial charge in [-0.2, -0.15) is 0 Å². The predicted molar refractivity (Wildman–Crippen MR) is 63.3 cm³/mol. The molecule has 6 heteroatoms. The van der Waals surface area contributed by atoms with Crippen LogP contribution in [0.15, 0.2) is 0 Å². The van der Waals surface area contributed by atoms with Gasteiger partial charge < -0.3 is 15.3 Å². The minimum Gasteiger partial charge on any atom is -0.480 e. The van der Waals surface area contributed by atoms with Crippen LogP contribution in [0.25, 0.3) is 0 Å². The Morgan fingerprint density at radius 3 is 2.75 bits per heavy atom. The summed E-state index contributed by atoms with van der Waals surface area (Å²) in [6.07, 6.45) is 0. The Bertz CT molecular complexity index is 285. The standard InChI is InChI=1S/C10H18N2O3S/c1-6(4-11-3)9(13)12-7(2)16-5-8(12)10(14)15/h6-8,11H,4-5H2,1-3H3,(H,14,15). The summed E-state index contributed by atoms with van der Waals surface area (Å²) in [5.74, 6) is -0.705. The van der Waals surface area contributed by atoms with Gasteiger partial charge in [-0.05, 0) is 14.0 Å². The summed E-state index contributed by atoms with van der Waals surface area (Å²) in [5, 5.41) is 11.9. The van der Waals surface area contributed by atoms with Gasteiger partial charge in [-0.25, -0.2) is 4.79 Å². The van der Waals surface area contributed by atoms with Crippen molar-refractivity contribution in [3.63, 3.8) is 0 Å². The number of amides is 1. The Balaban J connectivity index is 2.75. The SMILES string of the molecule is CNCC(C)C(=O)N1C(C)SCC1C(=O)O. The van der Waals surface area contributed by atoms with Crippen molar-refractivity contribution in [1.29, 1.82) is 0 Å². The molecular weight excluding hydrogens is 228 g/mol. The minimum absolute atomic E-state index is 0.0482. The van der Waals surface area contributed by atoms with Crippen LogP contribution in [0.1, 0.15) is 13.8 Å². The average molecular weight is 246 g/mol. The second kappa shape index (κ2) is 5.54. The molecule has 0 aliphatic carbocycles. The molecule has 5 nitrogen and oxygen atoms in total. The molecule has 0 spiro atoms. The first kappa shape index (κ1) is 13.3. The number of nitrogens with zero attached hydrogens (tertiary/aromatic N) is 1. The normalized spacial score (nSPS) is 26.8. The molecule has 1 aliphatic heterocycles. The lowest BCUT2D eigenvalue weighted by molar-refractivity contribution is -0.150. The van der Waals surface area contributed by atoms with E-state index in [1.807, 2.05) is 13.8 Å². The quantitative estimate of drug-likeness (QED) is 0.742. The lowest BCUT2D eigenvalue weighted by atomic mass is 10.1. The molecule has 1 fully saturated rings. The van der Waals surface area contributed by atoms with Crippen LogP contribution in [-0.4, -0.2) is 52.6 Å². The van der Waals surface area contributed by atoms with E-state index in [2.05, 4.69) is 5.32 Å². The van der Waals surface area contributed by atoms with E-state index < -0.39 is 12.0 Å². The van der Waals surface area contributed by atoms with Crippen LogP contribution < -0.4 is 5.32 Å².